The minimum atomic E-state index is -1.01. The SMILES string of the molecule is Cn1c(C(=O)O)ccc1-c1c(Cl)cc(Cl)cc1Cl. The van der Waals surface area contributed by atoms with E-state index in [9.17, 15) is 4.79 Å². The van der Waals surface area contributed by atoms with Crippen molar-refractivity contribution in [2.24, 2.45) is 7.05 Å². The second kappa shape index (κ2) is 4.84. The number of benzene rings is 1. The minimum Gasteiger partial charge on any atom is -0.477 e. The van der Waals surface area contributed by atoms with Crippen LogP contribution in [-0.4, -0.2) is 15.6 Å². The van der Waals surface area contributed by atoms with Gasteiger partial charge in [-0.05, 0) is 24.3 Å². The summed E-state index contributed by atoms with van der Waals surface area (Å²) < 4.78 is 1.52. The lowest BCUT2D eigenvalue weighted by Gasteiger charge is -2.10. The zero-order chi connectivity index (χ0) is 13.4. The van der Waals surface area contributed by atoms with Gasteiger partial charge in [0.15, 0.2) is 0 Å². The topological polar surface area (TPSA) is 42.2 Å². The molecule has 0 fully saturated rings. The molecule has 0 saturated heterocycles. The van der Waals surface area contributed by atoms with Gasteiger partial charge in [-0.15, -0.1) is 0 Å². The fourth-order valence-electron chi connectivity index (χ4n) is 1.76. The van der Waals surface area contributed by atoms with Crippen LogP contribution >= 0.6 is 34.8 Å². The highest BCUT2D eigenvalue weighted by Crippen LogP contribution is 2.37. The first kappa shape index (κ1) is 13.3. The molecule has 2 aromatic rings. The van der Waals surface area contributed by atoms with Crippen molar-refractivity contribution in [3.63, 3.8) is 0 Å². The Balaban J connectivity index is 2.67. The van der Waals surface area contributed by atoms with E-state index < -0.39 is 5.97 Å². The van der Waals surface area contributed by atoms with E-state index in [1.54, 1.807) is 25.2 Å². The molecule has 0 atom stereocenters. The van der Waals surface area contributed by atoms with E-state index in [-0.39, 0.29) is 5.69 Å². The summed E-state index contributed by atoms with van der Waals surface area (Å²) in [6.07, 6.45) is 0. The zero-order valence-corrected chi connectivity index (χ0v) is 11.5. The molecule has 0 saturated carbocycles. The molecule has 0 aliphatic heterocycles. The second-order valence-corrected chi connectivity index (χ2v) is 4.96. The summed E-state index contributed by atoms with van der Waals surface area (Å²) in [7, 11) is 1.64. The van der Waals surface area contributed by atoms with E-state index in [0.717, 1.165) is 0 Å². The lowest BCUT2D eigenvalue weighted by Crippen LogP contribution is -2.05. The van der Waals surface area contributed by atoms with E-state index in [1.807, 2.05) is 0 Å². The summed E-state index contributed by atoms with van der Waals surface area (Å²) >= 11 is 18.0. The Morgan fingerprint density at radius 2 is 1.72 bits per heavy atom. The highest BCUT2D eigenvalue weighted by Gasteiger charge is 2.17. The summed E-state index contributed by atoms with van der Waals surface area (Å²) in [5.41, 5.74) is 1.35. The predicted molar refractivity (Wildman–Crippen MR) is 72.8 cm³/mol. The molecule has 1 aromatic heterocycles. The molecule has 0 unspecified atom stereocenters. The lowest BCUT2D eigenvalue weighted by atomic mass is 10.1. The van der Waals surface area contributed by atoms with Crippen molar-refractivity contribution < 1.29 is 9.90 Å². The number of nitrogens with zero attached hydrogens (tertiary/aromatic N) is 1. The van der Waals surface area contributed by atoms with Gasteiger partial charge in [-0.25, -0.2) is 4.79 Å². The summed E-state index contributed by atoms with van der Waals surface area (Å²) in [6, 6.07) is 6.29. The van der Waals surface area contributed by atoms with E-state index in [2.05, 4.69) is 0 Å². The molecule has 0 aliphatic carbocycles. The molecule has 3 nitrogen and oxygen atoms in total. The maximum absolute atomic E-state index is 11.0. The summed E-state index contributed by atoms with van der Waals surface area (Å²) in [6.45, 7) is 0. The molecular formula is C12H8Cl3NO2. The average Bonchev–Trinajstić information content (AvgIpc) is 2.59. The van der Waals surface area contributed by atoms with Crippen LogP contribution in [0.5, 0.6) is 0 Å². The van der Waals surface area contributed by atoms with Gasteiger partial charge in [-0.2, -0.15) is 0 Å². The van der Waals surface area contributed by atoms with Crippen LogP contribution in [0, 0.1) is 0 Å². The Morgan fingerprint density at radius 3 is 2.17 bits per heavy atom. The van der Waals surface area contributed by atoms with E-state index >= 15 is 0 Å². The van der Waals surface area contributed by atoms with Crippen molar-refractivity contribution in [1.82, 2.24) is 4.57 Å². The quantitative estimate of drug-likeness (QED) is 0.896. The average molecular weight is 305 g/mol. The monoisotopic (exact) mass is 303 g/mol. The van der Waals surface area contributed by atoms with Crippen molar-refractivity contribution in [1.29, 1.82) is 0 Å². The fraction of sp³-hybridized carbons (Fsp3) is 0.0833. The van der Waals surface area contributed by atoms with Gasteiger partial charge in [0, 0.05) is 17.6 Å². The van der Waals surface area contributed by atoms with Gasteiger partial charge in [0.1, 0.15) is 5.69 Å². The van der Waals surface area contributed by atoms with Gasteiger partial charge in [-0.1, -0.05) is 34.8 Å². The van der Waals surface area contributed by atoms with Crippen LogP contribution in [0.15, 0.2) is 24.3 Å². The molecule has 1 N–H and O–H groups in total. The third-order valence-electron chi connectivity index (χ3n) is 2.60. The Hall–Kier alpha value is -1.16. The van der Waals surface area contributed by atoms with Gasteiger partial charge in [0.05, 0.1) is 15.7 Å². The number of rotatable bonds is 2. The third kappa shape index (κ3) is 2.21. The first-order valence-electron chi connectivity index (χ1n) is 4.95. The first-order chi connectivity index (χ1) is 8.41. The van der Waals surface area contributed by atoms with Crippen LogP contribution in [0.4, 0.5) is 0 Å². The number of aromatic nitrogens is 1. The van der Waals surface area contributed by atoms with Crippen molar-refractivity contribution in [3.05, 3.63) is 45.0 Å². The zero-order valence-electron chi connectivity index (χ0n) is 9.25. The summed E-state index contributed by atoms with van der Waals surface area (Å²) in [5.74, 6) is -1.01. The Labute approximate surface area is 119 Å². The van der Waals surface area contributed by atoms with E-state index in [4.69, 9.17) is 39.9 Å². The van der Waals surface area contributed by atoms with Crippen LogP contribution in [0.25, 0.3) is 11.3 Å². The molecule has 0 radical (unpaired) electrons. The smallest absolute Gasteiger partial charge is 0.352 e. The van der Waals surface area contributed by atoms with Gasteiger partial charge < -0.3 is 9.67 Å². The van der Waals surface area contributed by atoms with Gasteiger partial charge in [-0.3, -0.25) is 0 Å². The first-order valence-corrected chi connectivity index (χ1v) is 6.09. The molecule has 0 amide bonds. The number of aromatic carboxylic acids is 1. The number of hydrogen-bond donors (Lipinski definition) is 1. The van der Waals surface area contributed by atoms with Crippen molar-refractivity contribution >= 4 is 40.8 Å². The maximum Gasteiger partial charge on any atom is 0.352 e. The molecule has 2 rings (SSSR count). The normalized spacial score (nSPS) is 10.7. The molecule has 1 aromatic carbocycles. The second-order valence-electron chi connectivity index (χ2n) is 3.71. The number of hydrogen-bond acceptors (Lipinski definition) is 1. The molecule has 94 valence electrons. The van der Waals surface area contributed by atoms with Crippen molar-refractivity contribution in [3.8, 4) is 11.3 Å². The molecule has 18 heavy (non-hydrogen) atoms. The number of carbonyl (C=O) groups is 1. The standard InChI is InChI=1S/C12H8Cl3NO2/c1-16-9(2-3-10(16)12(17)18)11-7(14)4-6(13)5-8(11)15/h2-5H,1H3,(H,17,18). The van der Waals surface area contributed by atoms with Crippen LogP contribution < -0.4 is 0 Å². The van der Waals surface area contributed by atoms with Crippen LogP contribution in [0.3, 0.4) is 0 Å². The number of halogens is 3. The van der Waals surface area contributed by atoms with Crippen LogP contribution in [-0.2, 0) is 7.05 Å². The fourth-order valence-corrected chi connectivity index (χ4v) is 2.77. The molecule has 0 aliphatic rings. The van der Waals surface area contributed by atoms with Gasteiger partial charge in [0.25, 0.3) is 0 Å². The highest BCUT2D eigenvalue weighted by molar-refractivity contribution is 6.41. The minimum absolute atomic E-state index is 0.159. The molecular weight excluding hydrogens is 296 g/mol. The van der Waals surface area contributed by atoms with Crippen LogP contribution in [0.2, 0.25) is 15.1 Å². The highest BCUT2D eigenvalue weighted by atomic mass is 35.5. The van der Waals surface area contributed by atoms with Crippen molar-refractivity contribution in [2.75, 3.05) is 0 Å². The third-order valence-corrected chi connectivity index (χ3v) is 3.42. The predicted octanol–water partition coefficient (Wildman–Crippen LogP) is 4.35. The molecule has 1 heterocycles. The summed E-state index contributed by atoms with van der Waals surface area (Å²) in [5, 5.41) is 10.2. The van der Waals surface area contributed by atoms with Gasteiger partial charge in [0.2, 0.25) is 0 Å². The van der Waals surface area contributed by atoms with E-state index in [1.165, 1.54) is 10.6 Å². The van der Waals surface area contributed by atoms with Gasteiger partial charge >= 0.3 is 5.97 Å². The number of carboxylic acid groups (broad SMARTS) is 1. The van der Waals surface area contributed by atoms with E-state index in [0.29, 0.717) is 26.3 Å². The van der Waals surface area contributed by atoms with Crippen molar-refractivity contribution in [2.45, 2.75) is 0 Å². The molecule has 0 bridgehead atoms. The largest absolute Gasteiger partial charge is 0.477 e. The number of carboxylic acids is 1. The summed E-state index contributed by atoms with van der Waals surface area (Å²) in [4.78, 5) is 11.0. The Bertz CT molecular complexity index is 611. The lowest BCUT2D eigenvalue weighted by molar-refractivity contribution is 0.0687. The molecule has 0 spiro atoms. The Morgan fingerprint density at radius 1 is 1.17 bits per heavy atom. The molecule has 6 heteroatoms. The van der Waals surface area contributed by atoms with Crippen LogP contribution in [0.1, 0.15) is 10.5 Å². The Kier molecular flexibility index (Phi) is 3.57. The maximum atomic E-state index is 11.0.